The van der Waals surface area contributed by atoms with Crippen molar-refractivity contribution in [1.29, 1.82) is 5.26 Å². The highest BCUT2D eigenvalue weighted by Gasteiger charge is 2.32. The summed E-state index contributed by atoms with van der Waals surface area (Å²) in [4.78, 5) is 7.10. The summed E-state index contributed by atoms with van der Waals surface area (Å²) in [6, 6.07) is 14.5. The Morgan fingerprint density at radius 3 is 2.48 bits per heavy atom. The van der Waals surface area contributed by atoms with Crippen LogP contribution in [0.25, 0.3) is 10.9 Å². The average molecular weight is 636 g/mol. The molecule has 2 saturated heterocycles. The number of hydrogen-bond donors (Lipinski definition) is 4. The van der Waals surface area contributed by atoms with Gasteiger partial charge in [-0.25, -0.2) is 0 Å². The van der Waals surface area contributed by atoms with Crippen LogP contribution in [-0.4, -0.2) is 58.8 Å². The molecule has 6 rings (SSSR count). The molecule has 2 fully saturated rings. The lowest BCUT2D eigenvalue weighted by Crippen LogP contribution is -2.52. The summed E-state index contributed by atoms with van der Waals surface area (Å²) in [5, 5.41) is 21.5. The Bertz CT molecular complexity index is 1550. The predicted molar refractivity (Wildman–Crippen MR) is 177 cm³/mol. The van der Waals surface area contributed by atoms with Crippen LogP contribution < -0.4 is 21.6 Å². The molecule has 4 heterocycles. The first-order valence-electron chi connectivity index (χ1n) is 15.3. The van der Waals surface area contributed by atoms with Crippen molar-refractivity contribution in [2.75, 3.05) is 36.9 Å². The van der Waals surface area contributed by atoms with E-state index in [1.165, 1.54) is 0 Å². The number of pyridine rings is 1. The van der Waals surface area contributed by atoms with Crippen LogP contribution >= 0.6 is 23.2 Å². The molecular formula is C33H40Cl2N8O. The first kappa shape index (κ1) is 30.8. The number of aromatic nitrogens is 1. The van der Waals surface area contributed by atoms with Crippen molar-refractivity contribution in [3.05, 3.63) is 75.7 Å². The Morgan fingerprint density at radius 1 is 1.07 bits per heavy atom. The highest BCUT2D eigenvalue weighted by atomic mass is 35.5. The van der Waals surface area contributed by atoms with E-state index in [4.69, 9.17) is 27.9 Å². The van der Waals surface area contributed by atoms with Crippen molar-refractivity contribution in [2.45, 2.75) is 70.1 Å². The molecule has 232 valence electrons. The lowest BCUT2D eigenvalue weighted by atomic mass is 9.98. The number of ether oxygens (including phenoxy) is 1. The van der Waals surface area contributed by atoms with Gasteiger partial charge in [-0.2, -0.15) is 5.26 Å². The van der Waals surface area contributed by atoms with Gasteiger partial charge in [0, 0.05) is 72.4 Å². The van der Waals surface area contributed by atoms with Gasteiger partial charge in [0.05, 0.1) is 33.5 Å². The lowest BCUT2D eigenvalue weighted by molar-refractivity contribution is 0.0570. The van der Waals surface area contributed by atoms with Gasteiger partial charge in [0.1, 0.15) is 6.07 Å². The standard InChI is InChI=1S/C33H40Cl2N8O/c1-33(2,3)42-12-8-26(9-13-42)43-20-29(40-41-43)31(21-4-6-23(34)7-5-21)39-25-16-27-30(38-24-10-14-44-15-11-24)22(18-36)19-37-32(27)28(35)17-25/h4-7,16-17,19-20,24,26,31,39-41H,8-15H2,1-3H3,(H,37,38)/t31-/m0/s1. The summed E-state index contributed by atoms with van der Waals surface area (Å²) in [7, 11) is 0. The minimum atomic E-state index is -0.230. The number of likely N-dealkylation sites (tertiary alicyclic amines) is 1. The topological polar surface area (TPSA) is 101 Å². The highest BCUT2D eigenvalue weighted by molar-refractivity contribution is 6.36. The fourth-order valence-corrected chi connectivity index (χ4v) is 6.69. The maximum atomic E-state index is 9.95. The van der Waals surface area contributed by atoms with E-state index < -0.39 is 0 Å². The Morgan fingerprint density at radius 2 is 1.80 bits per heavy atom. The minimum absolute atomic E-state index is 0.178. The largest absolute Gasteiger partial charge is 0.381 e. The van der Waals surface area contributed by atoms with Crippen LogP contribution in [0.15, 0.2) is 54.5 Å². The number of hydrogen-bond acceptors (Lipinski definition) is 9. The molecule has 1 atom stereocenters. The fraction of sp³-hybridized carbons (Fsp3) is 0.455. The third kappa shape index (κ3) is 6.70. The highest BCUT2D eigenvalue weighted by Crippen LogP contribution is 2.37. The first-order valence-corrected chi connectivity index (χ1v) is 16.1. The maximum Gasteiger partial charge on any atom is 0.103 e. The van der Waals surface area contributed by atoms with Crippen LogP contribution in [0.2, 0.25) is 10.0 Å². The molecule has 0 spiro atoms. The Hall–Kier alpha value is -3.26. The number of piperidine rings is 1. The molecule has 4 N–H and O–H groups in total. The van der Waals surface area contributed by atoms with Crippen LogP contribution in [0.3, 0.4) is 0 Å². The van der Waals surface area contributed by atoms with Crippen molar-refractivity contribution in [2.24, 2.45) is 0 Å². The number of hydrazine groups is 2. The second-order valence-electron chi connectivity index (χ2n) is 12.8. The number of fused-ring (bicyclic) bond motifs is 1. The molecule has 1 aromatic heterocycles. The summed E-state index contributed by atoms with van der Waals surface area (Å²) >= 11 is 13.1. The zero-order valence-corrected chi connectivity index (χ0v) is 27.0. The van der Waals surface area contributed by atoms with Gasteiger partial charge >= 0.3 is 0 Å². The summed E-state index contributed by atoms with van der Waals surface area (Å²) in [5.74, 6) is 0. The molecular weight excluding hydrogens is 595 g/mol. The van der Waals surface area contributed by atoms with Crippen molar-refractivity contribution in [3.8, 4) is 6.07 Å². The van der Waals surface area contributed by atoms with Crippen LogP contribution in [0.4, 0.5) is 11.4 Å². The Kier molecular flexibility index (Phi) is 9.08. The fourth-order valence-electron chi connectivity index (χ4n) is 6.29. The third-order valence-corrected chi connectivity index (χ3v) is 9.39. The van der Waals surface area contributed by atoms with Gasteiger partial charge in [-0.3, -0.25) is 14.9 Å². The zero-order chi connectivity index (χ0) is 30.8. The minimum Gasteiger partial charge on any atom is -0.381 e. The van der Waals surface area contributed by atoms with Gasteiger partial charge in [0.15, 0.2) is 0 Å². The molecule has 3 aromatic rings. The van der Waals surface area contributed by atoms with E-state index in [0.717, 1.165) is 66.8 Å². The van der Waals surface area contributed by atoms with Crippen molar-refractivity contribution >= 4 is 45.5 Å². The van der Waals surface area contributed by atoms with E-state index in [-0.39, 0.29) is 17.6 Å². The number of nitrogens with one attached hydrogen (secondary N) is 4. The molecule has 0 amide bonds. The first-order chi connectivity index (χ1) is 21.2. The summed E-state index contributed by atoms with van der Waals surface area (Å²) in [5.41, 5.74) is 11.7. The predicted octanol–water partition coefficient (Wildman–Crippen LogP) is 6.59. The molecule has 0 radical (unpaired) electrons. The van der Waals surface area contributed by atoms with E-state index in [2.05, 4.69) is 69.5 Å². The zero-order valence-electron chi connectivity index (χ0n) is 25.5. The van der Waals surface area contributed by atoms with E-state index in [9.17, 15) is 5.26 Å². The van der Waals surface area contributed by atoms with Crippen LogP contribution in [0.1, 0.15) is 63.6 Å². The van der Waals surface area contributed by atoms with E-state index >= 15 is 0 Å². The van der Waals surface area contributed by atoms with Gasteiger partial charge in [0.25, 0.3) is 0 Å². The molecule has 0 unspecified atom stereocenters. The smallest absolute Gasteiger partial charge is 0.103 e. The molecule has 2 aromatic carbocycles. The number of anilines is 2. The van der Waals surface area contributed by atoms with E-state index in [1.807, 2.05) is 36.4 Å². The quantitative estimate of drug-likeness (QED) is 0.229. The van der Waals surface area contributed by atoms with Gasteiger partial charge in [0.2, 0.25) is 0 Å². The van der Waals surface area contributed by atoms with Crippen molar-refractivity contribution in [1.82, 2.24) is 25.9 Å². The molecule has 0 aliphatic carbocycles. The monoisotopic (exact) mass is 634 g/mol. The number of nitrogens with zero attached hydrogens (tertiary/aromatic N) is 4. The van der Waals surface area contributed by atoms with E-state index in [0.29, 0.717) is 40.4 Å². The van der Waals surface area contributed by atoms with E-state index in [1.54, 1.807) is 6.20 Å². The number of halogens is 2. The second kappa shape index (κ2) is 13.0. The number of benzene rings is 2. The van der Waals surface area contributed by atoms with Crippen LogP contribution in [0.5, 0.6) is 0 Å². The molecule has 3 aliphatic rings. The molecule has 3 aliphatic heterocycles. The van der Waals surface area contributed by atoms with Crippen LogP contribution in [-0.2, 0) is 4.74 Å². The van der Waals surface area contributed by atoms with Crippen LogP contribution in [0, 0.1) is 11.3 Å². The Balaban J connectivity index is 1.31. The summed E-state index contributed by atoms with van der Waals surface area (Å²) in [6.07, 6.45) is 7.66. The number of rotatable bonds is 7. The second-order valence-corrected chi connectivity index (χ2v) is 13.6. The lowest BCUT2D eigenvalue weighted by Gasteiger charge is -2.42. The summed E-state index contributed by atoms with van der Waals surface area (Å²) < 4.78 is 5.55. The SMILES string of the molecule is CC(C)(C)N1CCC(N2C=C([C@@H](Nc3cc(Cl)c4ncc(C#N)c(NC5CCOCC5)c4c3)c3ccc(Cl)cc3)NN2)CC1. The average Bonchev–Trinajstić information content (AvgIpc) is 3.51. The van der Waals surface area contributed by atoms with Gasteiger partial charge in [-0.15, -0.1) is 5.53 Å². The summed E-state index contributed by atoms with van der Waals surface area (Å²) in [6.45, 7) is 10.4. The maximum absolute atomic E-state index is 9.95. The van der Waals surface area contributed by atoms with Gasteiger partial charge < -0.3 is 20.8 Å². The molecule has 0 bridgehead atoms. The number of nitriles is 1. The molecule has 9 nitrogen and oxygen atoms in total. The van der Waals surface area contributed by atoms with Crippen molar-refractivity contribution in [3.63, 3.8) is 0 Å². The molecule has 44 heavy (non-hydrogen) atoms. The van der Waals surface area contributed by atoms with Gasteiger partial charge in [-0.1, -0.05) is 35.3 Å². The molecule has 0 saturated carbocycles. The molecule has 11 heteroatoms. The Labute approximate surface area is 269 Å². The normalized spacial score (nSPS) is 19.4. The van der Waals surface area contributed by atoms with Crippen molar-refractivity contribution < 1.29 is 4.74 Å². The third-order valence-electron chi connectivity index (χ3n) is 8.85. The van der Waals surface area contributed by atoms with Gasteiger partial charge in [-0.05, 0) is 76.3 Å².